The number of benzene rings is 2. The minimum atomic E-state index is -0.228. The fraction of sp³-hybridized carbons (Fsp3) is 0. The van der Waals surface area contributed by atoms with E-state index in [1.165, 1.54) is 0 Å². The standard InChI is InChI=1S/C19H12Cl2N4O/c20-13-5-7-14(8-6-13)25-11-12(10-22-25)9-16(21)18-23-17-4-2-1-3-15(17)19(26)24-18/h1-11H,(H,23,24,26)/b16-9-. The third kappa shape index (κ3) is 3.27. The van der Waals surface area contributed by atoms with Crippen molar-refractivity contribution in [2.24, 2.45) is 0 Å². The van der Waals surface area contributed by atoms with E-state index < -0.39 is 0 Å². The van der Waals surface area contributed by atoms with Crippen molar-refractivity contribution in [2.75, 3.05) is 0 Å². The molecule has 4 rings (SSSR count). The summed E-state index contributed by atoms with van der Waals surface area (Å²) < 4.78 is 1.71. The van der Waals surface area contributed by atoms with Crippen LogP contribution in [0.5, 0.6) is 0 Å². The first-order valence-electron chi connectivity index (χ1n) is 7.77. The minimum Gasteiger partial charge on any atom is -0.305 e. The van der Waals surface area contributed by atoms with Crippen LogP contribution in [0.2, 0.25) is 5.02 Å². The van der Waals surface area contributed by atoms with Gasteiger partial charge in [-0.15, -0.1) is 0 Å². The summed E-state index contributed by atoms with van der Waals surface area (Å²) in [6, 6.07) is 14.4. The summed E-state index contributed by atoms with van der Waals surface area (Å²) in [6.45, 7) is 0. The summed E-state index contributed by atoms with van der Waals surface area (Å²) >= 11 is 12.3. The molecule has 2 aromatic carbocycles. The molecule has 0 amide bonds. The Labute approximate surface area is 158 Å². The number of nitrogens with one attached hydrogen (secondary N) is 1. The average molecular weight is 383 g/mol. The molecule has 2 heterocycles. The summed E-state index contributed by atoms with van der Waals surface area (Å²) in [7, 11) is 0. The van der Waals surface area contributed by atoms with E-state index in [9.17, 15) is 4.79 Å². The second-order valence-corrected chi connectivity index (χ2v) is 6.46. The molecule has 0 aliphatic carbocycles. The van der Waals surface area contributed by atoms with E-state index in [1.54, 1.807) is 47.3 Å². The van der Waals surface area contributed by atoms with E-state index in [1.807, 2.05) is 24.4 Å². The van der Waals surface area contributed by atoms with Gasteiger partial charge in [0.2, 0.25) is 0 Å². The SMILES string of the molecule is O=c1[nH]c(/C(Cl)=C/c2cnn(-c3ccc(Cl)cc3)c2)nc2ccccc12. The van der Waals surface area contributed by atoms with Crippen LogP contribution in [0.4, 0.5) is 0 Å². The number of H-pyrrole nitrogens is 1. The van der Waals surface area contributed by atoms with Gasteiger partial charge in [-0.1, -0.05) is 35.3 Å². The van der Waals surface area contributed by atoms with Gasteiger partial charge in [0.15, 0.2) is 5.82 Å². The second-order valence-electron chi connectivity index (χ2n) is 5.62. The van der Waals surface area contributed by atoms with E-state index in [-0.39, 0.29) is 5.56 Å². The lowest BCUT2D eigenvalue weighted by Crippen LogP contribution is -2.10. The van der Waals surface area contributed by atoms with Gasteiger partial charge in [-0.05, 0) is 42.5 Å². The van der Waals surface area contributed by atoms with Gasteiger partial charge in [-0.3, -0.25) is 4.79 Å². The average Bonchev–Trinajstić information content (AvgIpc) is 3.10. The van der Waals surface area contributed by atoms with Crippen molar-refractivity contribution in [1.29, 1.82) is 0 Å². The van der Waals surface area contributed by atoms with Crippen LogP contribution in [0.1, 0.15) is 11.4 Å². The molecule has 0 aliphatic rings. The number of halogens is 2. The number of para-hydroxylation sites is 1. The van der Waals surface area contributed by atoms with Crippen molar-refractivity contribution >= 4 is 45.2 Å². The number of rotatable bonds is 3. The first-order chi connectivity index (χ1) is 12.6. The Bertz CT molecular complexity index is 1180. The quantitative estimate of drug-likeness (QED) is 0.567. The van der Waals surface area contributed by atoms with Crippen LogP contribution in [-0.2, 0) is 0 Å². The number of aromatic amines is 1. The maximum Gasteiger partial charge on any atom is 0.259 e. The number of hydrogen-bond acceptors (Lipinski definition) is 3. The van der Waals surface area contributed by atoms with E-state index >= 15 is 0 Å². The minimum absolute atomic E-state index is 0.228. The zero-order chi connectivity index (χ0) is 18.1. The van der Waals surface area contributed by atoms with Crippen molar-refractivity contribution in [1.82, 2.24) is 19.7 Å². The molecule has 0 bridgehead atoms. The Morgan fingerprint density at radius 1 is 1.12 bits per heavy atom. The number of nitrogens with zero attached hydrogens (tertiary/aromatic N) is 3. The van der Waals surface area contributed by atoms with E-state index in [4.69, 9.17) is 23.2 Å². The molecule has 128 valence electrons. The van der Waals surface area contributed by atoms with Gasteiger partial charge < -0.3 is 4.98 Å². The highest BCUT2D eigenvalue weighted by molar-refractivity contribution is 6.50. The smallest absolute Gasteiger partial charge is 0.259 e. The highest BCUT2D eigenvalue weighted by atomic mass is 35.5. The largest absolute Gasteiger partial charge is 0.305 e. The molecule has 0 radical (unpaired) electrons. The highest BCUT2D eigenvalue weighted by Crippen LogP contribution is 2.20. The van der Waals surface area contributed by atoms with Crippen molar-refractivity contribution in [3.8, 4) is 5.69 Å². The third-order valence-corrected chi connectivity index (χ3v) is 4.37. The number of hydrogen-bond donors (Lipinski definition) is 1. The molecule has 0 unspecified atom stereocenters. The fourth-order valence-electron chi connectivity index (χ4n) is 2.56. The monoisotopic (exact) mass is 382 g/mol. The predicted molar refractivity (Wildman–Crippen MR) is 105 cm³/mol. The summed E-state index contributed by atoms with van der Waals surface area (Å²) in [5.41, 5.74) is 2.02. The Hall–Kier alpha value is -2.89. The molecule has 0 aliphatic heterocycles. The van der Waals surface area contributed by atoms with Gasteiger partial charge in [0.25, 0.3) is 5.56 Å². The Balaban J connectivity index is 1.68. The van der Waals surface area contributed by atoms with Crippen molar-refractivity contribution < 1.29 is 0 Å². The van der Waals surface area contributed by atoms with Crippen LogP contribution < -0.4 is 5.56 Å². The van der Waals surface area contributed by atoms with Crippen molar-refractivity contribution in [2.45, 2.75) is 0 Å². The van der Waals surface area contributed by atoms with E-state index in [2.05, 4.69) is 15.1 Å². The molecule has 2 aromatic heterocycles. The third-order valence-electron chi connectivity index (χ3n) is 3.83. The Kier molecular flexibility index (Phi) is 4.32. The summed E-state index contributed by atoms with van der Waals surface area (Å²) in [5, 5.41) is 5.82. The maximum atomic E-state index is 12.2. The number of fused-ring (bicyclic) bond motifs is 1. The lowest BCUT2D eigenvalue weighted by Gasteiger charge is -2.01. The Morgan fingerprint density at radius 2 is 1.88 bits per heavy atom. The zero-order valence-electron chi connectivity index (χ0n) is 13.4. The van der Waals surface area contributed by atoms with Crippen LogP contribution in [0.3, 0.4) is 0 Å². The molecule has 5 nitrogen and oxygen atoms in total. The van der Waals surface area contributed by atoms with Gasteiger partial charge in [-0.25, -0.2) is 9.67 Å². The molecule has 7 heteroatoms. The fourth-order valence-corrected chi connectivity index (χ4v) is 2.90. The van der Waals surface area contributed by atoms with Crippen molar-refractivity contribution in [3.05, 3.63) is 87.7 Å². The van der Waals surface area contributed by atoms with Crippen molar-refractivity contribution in [3.63, 3.8) is 0 Å². The van der Waals surface area contributed by atoms with Crippen LogP contribution in [-0.4, -0.2) is 19.7 Å². The predicted octanol–water partition coefficient (Wildman–Crippen LogP) is 4.50. The number of aromatic nitrogens is 4. The van der Waals surface area contributed by atoms with Crippen LogP contribution in [0.25, 0.3) is 27.7 Å². The Morgan fingerprint density at radius 3 is 2.69 bits per heavy atom. The summed E-state index contributed by atoms with van der Waals surface area (Å²) in [4.78, 5) is 19.3. The molecule has 0 spiro atoms. The first-order valence-corrected chi connectivity index (χ1v) is 8.53. The molecule has 1 N–H and O–H groups in total. The molecule has 26 heavy (non-hydrogen) atoms. The normalized spacial score (nSPS) is 11.8. The topological polar surface area (TPSA) is 63.6 Å². The van der Waals surface area contributed by atoms with Gasteiger partial charge in [0.1, 0.15) is 0 Å². The lowest BCUT2D eigenvalue weighted by molar-refractivity contribution is 0.880. The molecule has 4 aromatic rings. The molecule has 0 fully saturated rings. The maximum absolute atomic E-state index is 12.2. The summed E-state index contributed by atoms with van der Waals surface area (Å²) in [6.07, 6.45) is 5.20. The zero-order valence-corrected chi connectivity index (χ0v) is 14.9. The van der Waals surface area contributed by atoms with Gasteiger partial charge in [0.05, 0.1) is 27.8 Å². The van der Waals surface area contributed by atoms with Gasteiger partial charge >= 0.3 is 0 Å². The van der Waals surface area contributed by atoms with Gasteiger partial charge in [-0.2, -0.15) is 5.10 Å². The second kappa shape index (κ2) is 6.78. The highest BCUT2D eigenvalue weighted by Gasteiger charge is 2.07. The van der Waals surface area contributed by atoms with Crippen LogP contribution in [0.15, 0.2) is 65.7 Å². The molecule has 0 saturated heterocycles. The lowest BCUT2D eigenvalue weighted by atomic mass is 10.2. The van der Waals surface area contributed by atoms with Gasteiger partial charge in [0, 0.05) is 16.8 Å². The molecule has 0 saturated carbocycles. The molecule has 0 atom stereocenters. The first kappa shape index (κ1) is 16.6. The van der Waals surface area contributed by atoms with Crippen LogP contribution >= 0.6 is 23.2 Å². The molecular formula is C19H12Cl2N4O. The molecular weight excluding hydrogens is 371 g/mol. The van der Waals surface area contributed by atoms with E-state index in [0.29, 0.717) is 26.8 Å². The summed E-state index contributed by atoms with van der Waals surface area (Å²) in [5.74, 6) is 0.314. The van der Waals surface area contributed by atoms with Crippen LogP contribution in [0, 0.1) is 0 Å². The van der Waals surface area contributed by atoms with E-state index in [0.717, 1.165) is 11.3 Å².